The second kappa shape index (κ2) is 5.20. The van der Waals surface area contributed by atoms with Gasteiger partial charge in [0.1, 0.15) is 11.3 Å². The summed E-state index contributed by atoms with van der Waals surface area (Å²) in [7, 11) is 0. The molecule has 0 spiro atoms. The zero-order chi connectivity index (χ0) is 14.8. The van der Waals surface area contributed by atoms with Gasteiger partial charge in [0.05, 0.1) is 0 Å². The van der Waals surface area contributed by atoms with E-state index in [0.717, 1.165) is 10.8 Å². The van der Waals surface area contributed by atoms with E-state index in [4.69, 9.17) is 4.74 Å². The van der Waals surface area contributed by atoms with Crippen molar-refractivity contribution in [3.63, 3.8) is 0 Å². The molecule has 0 aliphatic rings. The Bertz CT molecular complexity index is 833. The van der Waals surface area contributed by atoms with Crippen LogP contribution in [0.3, 0.4) is 0 Å². The predicted octanol–water partition coefficient (Wildman–Crippen LogP) is 3.86. The summed E-state index contributed by atoms with van der Waals surface area (Å²) in [4.78, 5) is 15.1. The number of nitrogens with zero attached hydrogens (tertiary/aromatic N) is 1. The maximum Gasteiger partial charge on any atom is 0.339 e. The van der Waals surface area contributed by atoms with Gasteiger partial charge in [-0.25, -0.2) is 14.2 Å². The number of carboxylic acids is 1. The molecule has 0 saturated heterocycles. The molecule has 0 unspecified atom stereocenters. The number of fused-ring (bicyclic) bond motifs is 1. The minimum absolute atomic E-state index is 0.0428. The summed E-state index contributed by atoms with van der Waals surface area (Å²) in [5, 5.41) is 10.8. The summed E-state index contributed by atoms with van der Waals surface area (Å²) in [5.74, 6) is -2.00. The number of pyridine rings is 1. The third-order valence-corrected chi connectivity index (χ3v) is 3.01. The molecule has 5 heteroatoms. The van der Waals surface area contributed by atoms with Gasteiger partial charge >= 0.3 is 5.97 Å². The number of aromatic nitrogens is 1. The molecule has 0 aliphatic heterocycles. The number of rotatable bonds is 3. The van der Waals surface area contributed by atoms with Gasteiger partial charge in [0.25, 0.3) is 5.88 Å². The molecule has 2 aromatic carbocycles. The van der Waals surface area contributed by atoms with E-state index in [9.17, 15) is 14.3 Å². The van der Waals surface area contributed by atoms with Gasteiger partial charge in [0.2, 0.25) is 0 Å². The van der Waals surface area contributed by atoms with E-state index in [1.165, 1.54) is 24.4 Å². The number of halogens is 1. The molecule has 3 rings (SSSR count). The minimum atomic E-state index is -1.15. The summed E-state index contributed by atoms with van der Waals surface area (Å²) in [6.07, 6.45) is 1.37. The number of carboxylic acid groups (broad SMARTS) is 1. The van der Waals surface area contributed by atoms with E-state index < -0.39 is 11.8 Å². The van der Waals surface area contributed by atoms with Crippen LogP contribution in [0.1, 0.15) is 10.4 Å². The van der Waals surface area contributed by atoms with Crippen LogP contribution < -0.4 is 4.74 Å². The molecule has 0 atom stereocenters. The quantitative estimate of drug-likeness (QED) is 0.792. The van der Waals surface area contributed by atoms with Crippen LogP contribution in [-0.2, 0) is 0 Å². The fourth-order valence-electron chi connectivity index (χ4n) is 2.02. The Balaban J connectivity index is 2.14. The number of carbonyl (C=O) groups is 1. The maximum atomic E-state index is 13.6. The van der Waals surface area contributed by atoms with Crippen molar-refractivity contribution in [3.05, 3.63) is 66.1 Å². The average Bonchev–Trinajstić information content (AvgIpc) is 2.48. The van der Waals surface area contributed by atoms with E-state index >= 15 is 0 Å². The SMILES string of the molecule is O=C(O)c1cc2ccccc2cc1Oc1ncccc1F. The lowest BCUT2D eigenvalue weighted by Gasteiger charge is -2.10. The van der Waals surface area contributed by atoms with E-state index in [1.54, 1.807) is 12.1 Å². The zero-order valence-electron chi connectivity index (χ0n) is 10.8. The summed E-state index contributed by atoms with van der Waals surface area (Å²) in [6, 6.07) is 12.9. The van der Waals surface area contributed by atoms with Gasteiger partial charge in [-0.2, -0.15) is 0 Å². The second-order valence-electron chi connectivity index (χ2n) is 4.39. The predicted molar refractivity (Wildman–Crippen MR) is 75.2 cm³/mol. The van der Waals surface area contributed by atoms with Crippen LogP contribution in [0.15, 0.2) is 54.7 Å². The molecule has 0 fully saturated rings. The zero-order valence-corrected chi connectivity index (χ0v) is 10.8. The number of ether oxygens (including phenoxy) is 1. The highest BCUT2D eigenvalue weighted by Crippen LogP contribution is 2.30. The van der Waals surface area contributed by atoms with Crippen molar-refractivity contribution >= 4 is 16.7 Å². The first-order chi connectivity index (χ1) is 10.1. The minimum Gasteiger partial charge on any atom is -0.478 e. The Morgan fingerprint density at radius 3 is 2.48 bits per heavy atom. The normalized spacial score (nSPS) is 10.5. The van der Waals surface area contributed by atoms with Crippen molar-refractivity contribution in [2.75, 3.05) is 0 Å². The lowest BCUT2D eigenvalue weighted by atomic mass is 10.1. The summed E-state index contributed by atoms with van der Waals surface area (Å²) in [5.41, 5.74) is -0.0428. The first-order valence-corrected chi connectivity index (χ1v) is 6.19. The summed E-state index contributed by atoms with van der Waals surface area (Å²) < 4.78 is 18.9. The van der Waals surface area contributed by atoms with Crippen molar-refractivity contribution in [1.29, 1.82) is 0 Å². The van der Waals surface area contributed by atoms with Crippen LogP contribution in [0.25, 0.3) is 10.8 Å². The summed E-state index contributed by atoms with van der Waals surface area (Å²) >= 11 is 0. The molecule has 1 aromatic heterocycles. The fourth-order valence-corrected chi connectivity index (χ4v) is 2.02. The molecule has 4 nitrogen and oxygen atoms in total. The largest absolute Gasteiger partial charge is 0.478 e. The molecule has 0 saturated carbocycles. The Morgan fingerprint density at radius 1 is 1.10 bits per heavy atom. The van der Waals surface area contributed by atoms with E-state index in [1.807, 2.05) is 18.2 Å². The van der Waals surface area contributed by atoms with Crippen molar-refractivity contribution in [2.24, 2.45) is 0 Å². The standard InChI is InChI=1S/C16H10FNO3/c17-13-6-3-7-18-15(13)21-14-9-11-5-2-1-4-10(11)8-12(14)16(19)20/h1-9H,(H,19,20). The lowest BCUT2D eigenvalue weighted by molar-refractivity contribution is 0.0694. The van der Waals surface area contributed by atoms with Gasteiger partial charge in [0, 0.05) is 6.20 Å². The van der Waals surface area contributed by atoms with Gasteiger partial charge in [-0.1, -0.05) is 24.3 Å². The van der Waals surface area contributed by atoms with Crippen LogP contribution in [-0.4, -0.2) is 16.1 Å². The number of benzene rings is 2. The first kappa shape index (κ1) is 13.1. The Kier molecular flexibility index (Phi) is 3.23. The van der Waals surface area contributed by atoms with Gasteiger partial charge in [-0.3, -0.25) is 0 Å². The highest BCUT2D eigenvalue weighted by Gasteiger charge is 2.15. The molecule has 1 heterocycles. The molecule has 21 heavy (non-hydrogen) atoms. The van der Waals surface area contributed by atoms with Gasteiger partial charge in [0.15, 0.2) is 5.82 Å². The average molecular weight is 283 g/mol. The number of hydrogen-bond donors (Lipinski definition) is 1. The molecule has 0 radical (unpaired) electrons. The molecule has 3 aromatic rings. The van der Waals surface area contributed by atoms with Gasteiger partial charge < -0.3 is 9.84 Å². The van der Waals surface area contributed by atoms with Crippen molar-refractivity contribution in [3.8, 4) is 11.6 Å². The monoisotopic (exact) mass is 283 g/mol. The van der Waals surface area contributed by atoms with Crippen LogP contribution in [0, 0.1) is 5.82 Å². The molecular weight excluding hydrogens is 273 g/mol. The summed E-state index contributed by atoms with van der Waals surface area (Å²) in [6.45, 7) is 0. The van der Waals surface area contributed by atoms with E-state index in [-0.39, 0.29) is 17.2 Å². The number of hydrogen-bond acceptors (Lipinski definition) is 3. The number of aromatic carboxylic acids is 1. The molecule has 0 bridgehead atoms. The molecule has 104 valence electrons. The van der Waals surface area contributed by atoms with Gasteiger partial charge in [-0.05, 0) is 35.0 Å². The topological polar surface area (TPSA) is 59.4 Å². The highest BCUT2D eigenvalue weighted by atomic mass is 19.1. The van der Waals surface area contributed by atoms with Crippen molar-refractivity contribution < 1.29 is 19.0 Å². The second-order valence-corrected chi connectivity index (χ2v) is 4.39. The Morgan fingerprint density at radius 2 is 1.81 bits per heavy atom. The maximum absolute atomic E-state index is 13.6. The molecule has 0 aliphatic carbocycles. The van der Waals surface area contributed by atoms with Crippen molar-refractivity contribution in [1.82, 2.24) is 4.98 Å². The van der Waals surface area contributed by atoms with Crippen LogP contribution >= 0.6 is 0 Å². The van der Waals surface area contributed by atoms with E-state index in [2.05, 4.69) is 4.98 Å². The first-order valence-electron chi connectivity index (χ1n) is 6.19. The molecule has 0 amide bonds. The Hall–Kier alpha value is -2.95. The Labute approximate surface area is 119 Å². The van der Waals surface area contributed by atoms with Crippen LogP contribution in [0.5, 0.6) is 11.6 Å². The lowest BCUT2D eigenvalue weighted by Crippen LogP contribution is -2.01. The molecular formula is C16H10FNO3. The van der Waals surface area contributed by atoms with Gasteiger partial charge in [-0.15, -0.1) is 0 Å². The third kappa shape index (κ3) is 2.53. The van der Waals surface area contributed by atoms with E-state index in [0.29, 0.717) is 0 Å². The van der Waals surface area contributed by atoms with Crippen molar-refractivity contribution in [2.45, 2.75) is 0 Å². The molecule has 1 N–H and O–H groups in total. The third-order valence-electron chi connectivity index (χ3n) is 3.01. The van der Waals surface area contributed by atoms with Crippen LogP contribution in [0.4, 0.5) is 4.39 Å². The highest BCUT2D eigenvalue weighted by molar-refractivity contribution is 5.97. The smallest absolute Gasteiger partial charge is 0.339 e. The fraction of sp³-hybridized carbons (Fsp3) is 0. The van der Waals surface area contributed by atoms with Crippen LogP contribution in [0.2, 0.25) is 0 Å².